The van der Waals surface area contributed by atoms with E-state index in [1.165, 1.54) is 101 Å². The van der Waals surface area contributed by atoms with Gasteiger partial charge in [0.15, 0.2) is 5.78 Å². The molecule has 0 saturated carbocycles. The first-order valence-corrected chi connectivity index (χ1v) is 30.7. The van der Waals surface area contributed by atoms with Gasteiger partial charge in [0, 0.05) is 23.6 Å². The van der Waals surface area contributed by atoms with E-state index in [-0.39, 0.29) is 28.4 Å². The summed E-state index contributed by atoms with van der Waals surface area (Å²) in [5.74, 6) is 0.228. The van der Waals surface area contributed by atoms with Crippen LogP contribution in [-0.2, 0) is 0 Å². The lowest BCUT2D eigenvalue weighted by molar-refractivity contribution is 0.0720. The van der Waals surface area contributed by atoms with E-state index in [2.05, 4.69) is 23.8 Å². The molecule has 13 nitrogen and oxygen atoms in total. The lowest BCUT2D eigenvalue weighted by atomic mass is 10.0. The molecule has 0 spiro atoms. The lowest BCUT2D eigenvalue weighted by Crippen LogP contribution is -2.10. The third-order valence-electron chi connectivity index (χ3n) is 14.4. The van der Waals surface area contributed by atoms with Crippen LogP contribution >= 0.6 is 0 Å². The summed E-state index contributed by atoms with van der Waals surface area (Å²) in [7, 11) is 0. The van der Waals surface area contributed by atoms with Crippen molar-refractivity contribution >= 4 is 53.5 Å². The fourth-order valence-electron chi connectivity index (χ4n) is 9.37. The Hall–Kier alpha value is -9.75. The van der Waals surface area contributed by atoms with Crippen LogP contribution in [-0.4, -0.2) is 55.3 Å². The average molecular weight is 1180 g/mol. The number of ether oxygens (including phenoxy) is 6. The highest BCUT2D eigenvalue weighted by Crippen LogP contribution is 2.25. The lowest BCUT2D eigenvalue weighted by Gasteiger charge is -2.08. The summed E-state index contributed by atoms with van der Waals surface area (Å²) in [5, 5.41) is 0. The first-order chi connectivity index (χ1) is 43.1. The molecule has 0 amide bonds. The molecular formula is C75H76N2O11. The minimum absolute atomic E-state index is 0.204. The molecule has 0 atom stereocenters. The van der Waals surface area contributed by atoms with E-state index in [0.717, 1.165) is 36.8 Å². The molecule has 0 aromatic heterocycles. The maximum atomic E-state index is 13.7. The Morgan fingerprint density at radius 1 is 0.307 bits per heavy atom. The summed E-state index contributed by atoms with van der Waals surface area (Å²) >= 11 is 0. The first-order valence-electron chi connectivity index (χ1n) is 30.7. The topological polar surface area (TPSA) is 165 Å². The van der Waals surface area contributed by atoms with E-state index < -0.39 is 23.9 Å². The van der Waals surface area contributed by atoms with Gasteiger partial charge in [-0.3, -0.25) is 14.8 Å². The number of hydrogen-bond donors (Lipinski definition) is 0. The summed E-state index contributed by atoms with van der Waals surface area (Å²) in [6.45, 7) is 5.73. The Kier molecular flexibility index (Phi) is 25.6. The van der Waals surface area contributed by atoms with Crippen LogP contribution in [0.4, 0.5) is 11.4 Å². The fourth-order valence-corrected chi connectivity index (χ4v) is 9.37. The SMILES string of the molecule is CCCCCCCCCCOc1ccc(C(=O)Oc2ccc(C(=O)Oc3ccc(C=Nc4cccc(C(=O)c5cccc(N=Cc6ccc(OC(=O)c7ccc(OC(=O)c8ccc(OCCCCCCCCCC)cc8)cc7)cc6)c5)c4)cc3)cc2)cc1. The third kappa shape index (κ3) is 21.3. The quantitative estimate of drug-likeness (QED) is 0.0124. The number of benzene rings is 8. The van der Waals surface area contributed by atoms with E-state index in [1.807, 2.05) is 0 Å². The number of aliphatic imine (C=N–C) groups is 2. The molecule has 452 valence electrons. The van der Waals surface area contributed by atoms with Crippen LogP contribution in [0.1, 0.15) is 185 Å². The monoisotopic (exact) mass is 1180 g/mol. The van der Waals surface area contributed by atoms with Crippen LogP contribution < -0.4 is 28.4 Å². The highest BCUT2D eigenvalue weighted by atomic mass is 16.5. The van der Waals surface area contributed by atoms with Gasteiger partial charge in [0.2, 0.25) is 0 Å². The van der Waals surface area contributed by atoms with E-state index in [9.17, 15) is 24.0 Å². The summed E-state index contributed by atoms with van der Waals surface area (Å²) in [5.41, 5.74) is 4.81. The normalized spacial score (nSPS) is 11.1. The van der Waals surface area contributed by atoms with E-state index in [0.29, 0.717) is 69.8 Å². The molecule has 8 rings (SSSR count). The molecule has 0 fully saturated rings. The third-order valence-corrected chi connectivity index (χ3v) is 14.4. The molecule has 8 aromatic carbocycles. The molecule has 0 aliphatic carbocycles. The van der Waals surface area contributed by atoms with Gasteiger partial charge in [0.05, 0.1) is 46.8 Å². The van der Waals surface area contributed by atoms with Crippen molar-refractivity contribution in [2.45, 2.75) is 117 Å². The van der Waals surface area contributed by atoms with Crippen LogP contribution in [0, 0.1) is 0 Å². The number of hydrogen-bond acceptors (Lipinski definition) is 13. The number of rotatable bonds is 34. The van der Waals surface area contributed by atoms with Gasteiger partial charge in [-0.2, -0.15) is 0 Å². The van der Waals surface area contributed by atoms with Crippen molar-refractivity contribution in [3.05, 3.63) is 239 Å². The minimum Gasteiger partial charge on any atom is -0.494 e. The number of unbranched alkanes of at least 4 members (excludes halogenated alkanes) is 14. The zero-order valence-electron chi connectivity index (χ0n) is 50.2. The highest BCUT2D eigenvalue weighted by Gasteiger charge is 2.16. The predicted octanol–water partition coefficient (Wildman–Crippen LogP) is 18.3. The maximum absolute atomic E-state index is 13.7. The molecular weight excluding hydrogens is 1100 g/mol. The molecule has 0 unspecified atom stereocenters. The molecule has 0 bridgehead atoms. The molecule has 13 heteroatoms. The molecule has 0 N–H and O–H groups in total. The van der Waals surface area contributed by atoms with Crippen molar-refractivity contribution in [1.82, 2.24) is 0 Å². The molecule has 8 aromatic rings. The first kappa shape index (κ1) is 64.3. The predicted molar refractivity (Wildman–Crippen MR) is 346 cm³/mol. The van der Waals surface area contributed by atoms with E-state index >= 15 is 0 Å². The number of nitrogens with zero attached hydrogens (tertiary/aromatic N) is 2. The molecule has 0 heterocycles. The Bertz CT molecular complexity index is 3320. The zero-order valence-corrected chi connectivity index (χ0v) is 50.2. The Labute approximate surface area is 516 Å². The summed E-state index contributed by atoms with van der Waals surface area (Å²) in [6, 6.07) is 53.7. The van der Waals surface area contributed by atoms with Gasteiger partial charge in [-0.25, -0.2) is 19.2 Å². The smallest absolute Gasteiger partial charge is 0.343 e. The molecule has 0 aliphatic rings. The van der Waals surface area contributed by atoms with Crippen LogP contribution in [0.25, 0.3) is 0 Å². The number of ketones is 1. The average Bonchev–Trinajstić information content (AvgIpc) is 3.60. The van der Waals surface area contributed by atoms with Crippen molar-refractivity contribution in [3.8, 4) is 34.5 Å². The summed E-state index contributed by atoms with van der Waals surface area (Å²) in [4.78, 5) is 74.6. The van der Waals surface area contributed by atoms with Gasteiger partial charge < -0.3 is 28.4 Å². The number of carbonyl (C=O) groups excluding carboxylic acids is 5. The van der Waals surface area contributed by atoms with Crippen molar-refractivity contribution in [1.29, 1.82) is 0 Å². The van der Waals surface area contributed by atoms with Crippen LogP contribution in [0.3, 0.4) is 0 Å². The van der Waals surface area contributed by atoms with E-state index in [4.69, 9.17) is 28.4 Å². The van der Waals surface area contributed by atoms with E-state index in [1.54, 1.807) is 182 Å². The Balaban J connectivity index is 0.737. The molecule has 0 aliphatic heterocycles. The van der Waals surface area contributed by atoms with Gasteiger partial charge in [-0.1, -0.05) is 128 Å². The second-order valence-corrected chi connectivity index (χ2v) is 21.4. The maximum Gasteiger partial charge on any atom is 0.343 e. The molecule has 88 heavy (non-hydrogen) atoms. The van der Waals surface area contributed by atoms with Crippen molar-refractivity contribution < 1.29 is 52.4 Å². The van der Waals surface area contributed by atoms with Crippen LogP contribution in [0.2, 0.25) is 0 Å². The fraction of sp³-hybridized carbons (Fsp3) is 0.267. The van der Waals surface area contributed by atoms with Gasteiger partial charge in [0.1, 0.15) is 34.5 Å². The molecule has 0 saturated heterocycles. The van der Waals surface area contributed by atoms with Gasteiger partial charge >= 0.3 is 23.9 Å². The van der Waals surface area contributed by atoms with Gasteiger partial charge in [0.25, 0.3) is 0 Å². The highest BCUT2D eigenvalue weighted by molar-refractivity contribution is 6.10. The number of esters is 4. The summed E-state index contributed by atoms with van der Waals surface area (Å²) in [6.07, 6.45) is 22.9. The van der Waals surface area contributed by atoms with Crippen molar-refractivity contribution in [2.24, 2.45) is 9.98 Å². The van der Waals surface area contributed by atoms with Crippen LogP contribution in [0.5, 0.6) is 34.5 Å². The minimum atomic E-state index is -0.579. The second kappa shape index (κ2) is 35.0. The van der Waals surface area contributed by atoms with Crippen molar-refractivity contribution in [2.75, 3.05) is 13.2 Å². The van der Waals surface area contributed by atoms with Gasteiger partial charge in [-0.05, 0) is 194 Å². The zero-order chi connectivity index (χ0) is 61.6. The summed E-state index contributed by atoms with van der Waals surface area (Å²) < 4.78 is 34.0. The standard InChI is InChI=1S/C75H76N2O11/c1-3-5-7-9-11-13-15-17-49-83-65-41-29-57(30-42-65)72(79)87-69-45-33-59(34-46-69)74(81)85-67-37-25-55(26-38-67)53-76-63-23-19-21-61(51-63)71(78)62-22-20-24-64(52-62)77-54-56-27-39-68(40-28-56)86-75(82)60-35-47-70(48-36-60)88-73(80)58-31-43-66(44-32-58)84-50-18-16-14-12-10-8-6-4-2/h19-48,51-54H,3-18,49-50H2,1-2H3. The second-order valence-electron chi connectivity index (χ2n) is 21.4. The van der Waals surface area contributed by atoms with Gasteiger partial charge in [-0.15, -0.1) is 0 Å². The Morgan fingerprint density at radius 2 is 0.580 bits per heavy atom. The molecule has 0 radical (unpaired) electrons. The largest absolute Gasteiger partial charge is 0.494 e. The van der Waals surface area contributed by atoms with Crippen molar-refractivity contribution in [3.63, 3.8) is 0 Å². The Morgan fingerprint density at radius 3 is 0.886 bits per heavy atom. The number of carbonyl (C=O) groups is 5. The van der Waals surface area contributed by atoms with Crippen LogP contribution in [0.15, 0.2) is 204 Å².